The Morgan fingerprint density at radius 3 is 2.04 bits per heavy atom. The largest absolute Gasteiger partial charge is 0.491 e. The molecule has 0 radical (unpaired) electrons. The van der Waals surface area contributed by atoms with E-state index in [0.29, 0.717) is 71.4 Å². The Balaban J connectivity index is 1.16. The average Bonchev–Trinajstić information content (AvgIpc) is 3.18. The van der Waals surface area contributed by atoms with Crippen LogP contribution in [0.1, 0.15) is 49.8 Å². The van der Waals surface area contributed by atoms with Crippen LogP contribution in [0.4, 0.5) is 5.82 Å². The Bertz CT molecular complexity index is 1770. The van der Waals surface area contributed by atoms with Gasteiger partial charge in [-0.2, -0.15) is 0 Å². The zero-order valence-electron chi connectivity index (χ0n) is 31.8. The molecule has 296 valence electrons. The molecule has 13 heteroatoms. The summed E-state index contributed by atoms with van der Waals surface area (Å²) in [6.45, 7) is 9.17. The summed E-state index contributed by atoms with van der Waals surface area (Å²) < 4.78 is 27.8. The zero-order valence-corrected chi connectivity index (χ0v) is 31.8. The summed E-state index contributed by atoms with van der Waals surface area (Å²) in [5.74, 6) is -0.292. The first-order chi connectivity index (χ1) is 26.8. The van der Waals surface area contributed by atoms with E-state index in [1.54, 1.807) is 6.20 Å². The second-order valence-electron chi connectivity index (χ2n) is 12.9. The molecule has 1 atom stereocenters. The van der Waals surface area contributed by atoms with Gasteiger partial charge in [0.2, 0.25) is 11.8 Å². The van der Waals surface area contributed by atoms with Gasteiger partial charge in [-0.05, 0) is 83.1 Å². The van der Waals surface area contributed by atoms with E-state index in [1.807, 2.05) is 73.7 Å². The third-order valence-electron chi connectivity index (χ3n) is 8.38. The van der Waals surface area contributed by atoms with E-state index >= 15 is 0 Å². The number of carbonyl (C=O) groups is 3. The number of hydrogen-bond donors (Lipinski definition) is 4. The third-order valence-corrected chi connectivity index (χ3v) is 8.38. The van der Waals surface area contributed by atoms with E-state index in [2.05, 4.69) is 33.9 Å². The zero-order chi connectivity index (χ0) is 39.1. The molecular formula is C42H54N4O9. The summed E-state index contributed by atoms with van der Waals surface area (Å²) in [6.07, 6.45) is 3.22. The average molecular weight is 759 g/mol. The SMILES string of the molecule is CCCOCCOCCOCCOCCOc1ccc2cc(-c3ccc([C@H](CC(=O)O)NC(=O)CNC(=O)CCCNc4cc(C)ccn4)cc3)ccc2c1. The molecule has 4 aromatic rings. The number of nitrogens with one attached hydrogen (secondary N) is 3. The first-order valence-corrected chi connectivity index (χ1v) is 18.8. The van der Waals surface area contributed by atoms with E-state index in [4.69, 9.17) is 23.7 Å². The highest BCUT2D eigenvalue weighted by Gasteiger charge is 2.19. The molecule has 0 saturated carbocycles. The number of nitrogens with zero attached hydrogens (tertiary/aromatic N) is 1. The molecular weight excluding hydrogens is 704 g/mol. The number of carboxylic acid groups (broad SMARTS) is 1. The normalized spacial score (nSPS) is 11.6. The van der Waals surface area contributed by atoms with Gasteiger partial charge in [0.15, 0.2) is 0 Å². The van der Waals surface area contributed by atoms with Crippen molar-refractivity contribution in [3.05, 3.63) is 90.1 Å². The van der Waals surface area contributed by atoms with Crippen LogP contribution in [-0.4, -0.2) is 100 Å². The maximum Gasteiger partial charge on any atom is 0.305 e. The summed E-state index contributed by atoms with van der Waals surface area (Å²) in [7, 11) is 0. The lowest BCUT2D eigenvalue weighted by atomic mass is 9.97. The minimum absolute atomic E-state index is 0.232. The summed E-state index contributed by atoms with van der Waals surface area (Å²) in [4.78, 5) is 40.9. The van der Waals surface area contributed by atoms with E-state index in [1.165, 1.54) is 0 Å². The number of benzene rings is 3. The summed E-state index contributed by atoms with van der Waals surface area (Å²) in [5.41, 5.74) is 3.67. The number of hydrogen-bond acceptors (Lipinski definition) is 10. The van der Waals surface area contributed by atoms with Crippen LogP contribution in [0.15, 0.2) is 79.0 Å². The van der Waals surface area contributed by atoms with E-state index in [0.717, 1.165) is 52.1 Å². The summed E-state index contributed by atoms with van der Waals surface area (Å²) in [6, 6.07) is 22.5. The molecule has 1 heterocycles. The first-order valence-electron chi connectivity index (χ1n) is 18.8. The molecule has 0 bridgehead atoms. The fourth-order valence-corrected chi connectivity index (χ4v) is 5.56. The van der Waals surface area contributed by atoms with Gasteiger partial charge in [-0.25, -0.2) is 4.98 Å². The van der Waals surface area contributed by atoms with E-state index < -0.39 is 17.9 Å². The monoisotopic (exact) mass is 758 g/mol. The number of rotatable bonds is 27. The predicted octanol–water partition coefficient (Wildman–Crippen LogP) is 5.71. The van der Waals surface area contributed by atoms with Crippen molar-refractivity contribution in [2.24, 2.45) is 0 Å². The summed E-state index contributed by atoms with van der Waals surface area (Å²) in [5, 5.41) is 20.1. The Morgan fingerprint density at radius 2 is 1.36 bits per heavy atom. The molecule has 0 aliphatic heterocycles. The molecule has 13 nitrogen and oxygen atoms in total. The molecule has 0 unspecified atom stereocenters. The van der Waals surface area contributed by atoms with Crippen LogP contribution < -0.4 is 20.7 Å². The Hall–Kier alpha value is -5.08. The van der Waals surface area contributed by atoms with E-state index in [9.17, 15) is 19.5 Å². The van der Waals surface area contributed by atoms with Crippen molar-refractivity contribution in [3.63, 3.8) is 0 Å². The maximum atomic E-state index is 12.7. The van der Waals surface area contributed by atoms with Gasteiger partial charge in [-0.3, -0.25) is 14.4 Å². The summed E-state index contributed by atoms with van der Waals surface area (Å²) >= 11 is 0. The highest BCUT2D eigenvalue weighted by molar-refractivity contribution is 5.88. The van der Waals surface area contributed by atoms with Crippen molar-refractivity contribution in [2.75, 3.05) is 77.9 Å². The van der Waals surface area contributed by atoms with Crippen molar-refractivity contribution in [2.45, 2.75) is 45.6 Å². The molecule has 0 fully saturated rings. The fraction of sp³-hybridized carbons (Fsp3) is 0.429. The lowest BCUT2D eigenvalue weighted by molar-refractivity contribution is -0.138. The van der Waals surface area contributed by atoms with Gasteiger partial charge in [-0.15, -0.1) is 0 Å². The highest BCUT2D eigenvalue weighted by atomic mass is 16.6. The van der Waals surface area contributed by atoms with Crippen LogP contribution in [-0.2, 0) is 33.3 Å². The predicted molar refractivity (Wildman–Crippen MR) is 211 cm³/mol. The van der Waals surface area contributed by atoms with Gasteiger partial charge < -0.3 is 44.7 Å². The highest BCUT2D eigenvalue weighted by Crippen LogP contribution is 2.28. The molecule has 4 rings (SSSR count). The smallest absolute Gasteiger partial charge is 0.305 e. The van der Waals surface area contributed by atoms with Crippen molar-refractivity contribution < 1.29 is 43.2 Å². The number of ether oxygens (including phenoxy) is 5. The number of aliphatic carboxylic acids is 1. The molecule has 1 aromatic heterocycles. The first kappa shape index (κ1) is 42.7. The Labute approximate surface area is 323 Å². The number of carbonyl (C=O) groups excluding carboxylic acids is 2. The van der Waals surface area contributed by atoms with Gasteiger partial charge in [0.1, 0.15) is 18.2 Å². The molecule has 0 saturated heterocycles. The van der Waals surface area contributed by atoms with Gasteiger partial charge in [0.25, 0.3) is 0 Å². The van der Waals surface area contributed by atoms with Crippen LogP contribution in [0.5, 0.6) is 5.75 Å². The van der Waals surface area contributed by atoms with Crippen molar-refractivity contribution in [1.29, 1.82) is 0 Å². The van der Waals surface area contributed by atoms with Crippen LogP contribution in [0.2, 0.25) is 0 Å². The second-order valence-corrected chi connectivity index (χ2v) is 12.9. The minimum atomic E-state index is -1.05. The van der Waals surface area contributed by atoms with Crippen LogP contribution in [0, 0.1) is 6.92 Å². The number of amides is 2. The molecule has 55 heavy (non-hydrogen) atoms. The lowest BCUT2D eigenvalue weighted by Gasteiger charge is -2.18. The van der Waals surface area contributed by atoms with Gasteiger partial charge >= 0.3 is 5.97 Å². The Kier molecular flexibility index (Phi) is 18.9. The lowest BCUT2D eigenvalue weighted by Crippen LogP contribution is -2.39. The van der Waals surface area contributed by atoms with Gasteiger partial charge in [-0.1, -0.05) is 49.4 Å². The van der Waals surface area contributed by atoms with Crippen molar-refractivity contribution in [3.8, 4) is 16.9 Å². The van der Waals surface area contributed by atoms with Crippen LogP contribution in [0.3, 0.4) is 0 Å². The number of anilines is 1. The third kappa shape index (κ3) is 16.4. The van der Waals surface area contributed by atoms with E-state index in [-0.39, 0.29) is 25.3 Å². The molecule has 0 spiro atoms. The molecule has 0 aliphatic carbocycles. The van der Waals surface area contributed by atoms with Gasteiger partial charge in [0.05, 0.1) is 65.3 Å². The number of pyridine rings is 1. The number of aryl methyl sites for hydroxylation is 1. The second kappa shape index (κ2) is 24.4. The maximum absolute atomic E-state index is 12.7. The molecule has 2 amide bonds. The number of carboxylic acids is 1. The number of fused-ring (bicyclic) bond motifs is 1. The molecule has 0 aliphatic rings. The van der Waals surface area contributed by atoms with Crippen LogP contribution in [0.25, 0.3) is 21.9 Å². The van der Waals surface area contributed by atoms with Crippen LogP contribution >= 0.6 is 0 Å². The minimum Gasteiger partial charge on any atom is -0.491 e. The fourth-order valence-electron chi connectivity index (χ4n) is 5.56. The topological polar surface area (TPSA) is 167 Å². The van der Waals surface area contributed by atoms with Crippen molar-refractivity contribution in [1.82, 2.24) is 15.6 Å². The molecule has 3 aromatic carbocycles. The Morgan fingerprint density at radius 1 is 0.727 bits per heavy atom. The molecule has 4 N–H and O–H groups in total. The van der Waals surface area contributed by atoms with Crippen molar-refractivity contribution >= 4 is 34.4 Å². The standard InChI is InChI=1S/C42H54N4O9/c1-3-17-51-18-19-52-20-21-53-22-23-54-24-25-55-37-13-12-35-27-34(10-11-36(35)28-37)32-6-8-33(9-7-32)38(29-42(49)50)46-41(48)30-45-40(47)5-4-15-43-39-26-31(2)14-16-44-39/h6-14,16,26-28,38H,3-5,15,17-25,29-30H2,1-2H3,(H,43,44)(H,45,47)(H,46,48)(H,49,50)/t38-/m0/s1. The quantitative estimate of drug-likeness (QED) is 0.0551. The number of aromatic nitrogens is 1. The van der Waals surface area contributed by atoms with Gasteiger partial charge in [0, 0.05) is 25.8 Å².